The molecule has 0 radical (unpaired) electrons. The molecular weight excluding hydrogens is 431 g/mol. The van der Waals surface area contributed by atoms with E-state index < -0.39 is 11.7 Å². The Bertz CT molecular complexity index is 1170. The van der Waals surface area contributed by atoms with Gasteiger partial charge in [-0.1, -0.05) is 12.1 Å². The molecule has 2 bridgehead atoms. The number of hydrogen-bond acceptors (Lipinski definition) is 5. The van der Waals surface area contributed by atoms with Crippen molar-refractivity contribution in [3.05, 3.63) is 71.7 Å². The van der Waals surface area contributed by atoms with Gasteiger partial charge in [0.25, 0.3) is 5.91 Å². The number of aryl methyl sites for hydroxylation is 1. The summed E-state index contributed by atoms with van der Waals surface area (Å²) in [6, 6.07) is 9.62. The highest BCUT2D eigenvalue weighted by Gasteiger charge is 2.49. The normalized spacial score (nSPS) is 21.9. The SMILES string of the molecule is Cc1cccc(C(=O)N2[C@@H]3CC[C@H]2[C@H](Nc2ccc(C(F)(F)F)cn2)C3)c1-c1ncccn1. The number of nitrogens with zero attached hydrogens (tertiary/aromatic N) is 4. The third kappa shape index (κ3) is 3.92. The fourth-order valence-electron chi connectivity index (χ4n) is 5.01. The highest BCUT2D eigenvalue weighted by Crippen LogP contribution is 2.41. The van der Waals surface area contributed by atoms with Gasteiger partial charge in [0.2, 0.25) is 0 Å². The Morgan fingerprint density at radius 2 is 1.85 bits per heavy atom. The van der Waals surface area contributed by atoms with Crippen LogP contribution in [0.5, 0.6) is 0 Å². The van der Waals surface area contributed by atoms with Crippen molar-refractivity contribution in [2.45, 2.75) is 50.5 Å². The minimum absolute atomic E-state index is 0.0587. The Kier molecular flexibility index (Phi) is 5.26. The molecule has 2 aromatic heterocycles. The molecular formula is C24H22F3N5O. The maximum atomic E-state index is 13.7. The zero-order valence-corrected chi connectivity index (χ0v) is 17.9. The predicted molar refractivity (Wildman–Crippen MR) is 116 cm³/mol. The Balaban J connectivity index is 1.39. The lowest BCUT2D eigenvalue weighted by Crippen LogP contribution is -2.40. The van der Waals surface area contributed by atoms with Crippen molar-refractivity contribution in [2.24, 2.45) is 0 Å². The lowest BCUT2D eigenvalue weighted by molar-refractivity contribution is -0.137. The van der Waals surface area contributed by atoms with Gasteiger partial charge >= 0.3 is 6.18 Å². The van der Waals surface area contributed by atoms with E-state index in [4.69, 9.17) is 0 Å². The molecule has 2 aliphatic rings. The third-order valence-electron chi connectivity index (χ3n) is 6.49. The molecule has 3 aromatic rings. The van der Waals surface area contributed by atoms with Crippen LogP contribution in [0.25, 0.3) is 11.4 Å². The number of hydrogen-bond donors (Lipinski definition) is 1. The second-order valence-electron chi connectivity index (χ2n) is 8.50. The van der Waals surface area contributed by atoms with Gasteiger partial charge in [0.15, 0.2) is 5.82 Å². The smallest absolute Gasteiger partial charge is 0.365 e. The Morgan fingerprint density at radius 3 is 2.55 bits per heavy atom. The number of aromatic nitrogens is 3. The summed E-state index contributed by atoms with van der Waals surface area (Å²) in [6.07, 6.45) is 2.17. The monoisotopic (exact) mass is 453 g/mol. The van der Waals surface area contributed by atoms with Gasteiger partial charge in [0.1, 0.15) is 5.82 Å². The Morgan fingerprint density at radius 1 is 1.06 bits per heavy atom. The van der Waals surface area contributed by atoms with Crippen molar-refractivity contribution in [2.75, 3.05) is 5.32 Å². The molecule has 2 saturated heterocycles. The molecule has 170 valence electrons. The zero-order valence-electron chi connectivity index (χ0n) is 17.9. The van der Waals surface area contributed by atoms with E-state index in [1.807, 2.05) is 24.0 Å². The van der Waals surface area contributed by atoms with Crippen LogP contribution in [-0.4, -0.2) is 43.9 Å². The summed E-state index contributed by atoms with van der Waals surface area (Å²) in [5.74, 6) is 0.814. The quantitative estimate of drug-likeness (QED) is 0.619. The maximum absolute atomic E-state index is 13.7. The minimum atomic E-state index is -4.42. The van der Waals surface area contributed by atoms with Crippen LogP contribution in [0.15, 0.2) is 55.0 Å². The lowest BCUT2D eigenvalue weighted by Gasteiger charge is -2.26. The topological polar surface area (TPSA) is 71.0 Å². The molecule has 2 aliphatic heterocycles. The summed E-state index contributed by atoms with van der Waals surface area (Å²) in [7, 11) is 0. The predicted octanol–water partition coefficient (Wildman–Crippen LogP) is 4.72. The summed E-state index contributed by atoms with van der Waals surface area (Å²) >= 11 is 0. The average molecular weight is 453 g/mol. The van der Waals surface area contributed by atoms with Crippen LogP contribution in [0.1, 0.15) is 40.7 Å². The van der Waals surface area contributed by atoms with Crippen molar-refractivity contribution >= 4 is 11.7 Å². The highest BCUT2D eigenvalue weighted by atomic mass is 19.4. The summed E-state index contributed by atoms with van der Waals surface area (Å²) in [6.45, 7) is 1.93. The summed E-state index contributed by atoms with van der Waals surface area (Å²) in [4.78, 5) is 28.3. The Hall–Kier alpha value is -3.49. The van der Waals surface area contributed by atoms with Crippen LogP contribution >= 0.6 is 0 Å². The van der Waals surface area contributed by atoms with E-state index in [1.54, 1.807) is 24.5 Å². The van der Waals surface area contributed by atoms with Crippen molar-refractivity contribution < 1.29 is 18.0 Å². The van der Waals surface area contributed by atoms with Crippen LogP contribution < -0.4 is 5.32 Å². The van der Waals surface area contributed by atoms with Gasteiger partial charge < -0.3 is 10.2 Å². The molecule has 9 heteroatoms. The van der Waals surface area contributed by atoms with E-state index in [2.05, 4.69) is 20.3 Å². The largest absolute Gasteiger partial charge is 0.417 e. The first-order chi connectivity index (χ1) is 15.8. The van der Waals surface area contributed by atoms with Crippen LogP contribution in [-0.2, 0) is 6.18 Å². The third-order valence-corrected chi connectivity index (χ3v) is 6.49. The fourth-order valence-corrected chi connectivity index (χ4v) is 5.01. The number of halogens is 3. The lowest BCUT2D eigenvalue weighted by atomic mass is 9.95. The van der Waals surface area contributed by atoms with Crippen LogP contribution in [0.4, 0.5) is 19.0 Å². The van der Waals surface area contributed by atoms with E-state index in [0.717, 1.165) is 42.7 Å². The van der Waals surface area contributed by atoms with Gasteiger partial charge in [-0.2, -0.15) is 13.2 Å². The van der Waals surface area contributed by atoms with Crippen molar-refractivity contribution in [1.82, 2.24) is 19.9 Å². The van der Waals surface area contributed by atoms with Gasteiger partial charge in [-0.25, -0.2) is 15.0 Å². The summed E-state index contributed by atoms with van der Waals surface area (Å²) in [5, 5.41) is 3.25. The van der Waals surface area contributed by atoms with E-state index in [9.17, 15) is 18.0 Å². The number of anilines is 1. The molecule has 33 heavy (non-hydrogen) atoms. The molecule has 4 heterocycles. The Labute approximate surface area is 188 Å². The van der Waals surface area contributed by atoms with E-state index in [1.165, 1.54) is 6.07 Å². The zero-order chi connectivity index (χ0) is 23.2. The number of alkyl halides is 3. The van der Waals surface area contributed by atoms with Crippen LogP contribution in [0.3, 0.4) is 0 Å². The molecule has 1 aromatic carbocycles. The molecule has 1 N–H and O–H groups in total. The van der Waals surface area contributed by atoms with Crippen molar-refractivity contribution in [3.8, 4) is 11.4 Å². The number of nitrogens with one attached hydrogen (secondary N) is 1. The van der Waals surface area contributed by atoms with Gasteiger partial charge in [-0.15, -0.1) is 0 Å². The van der Waals surface area contributed by atoms with Crippen LogP contribution in [0, 0.1) is 6.92 Å². The van der Waals surface area contributed by atoms with Crippen molar-refractivity contribution in [3.63, 3.8) is 0 Å². The molecule has 6 nitrogen and oxygen atoms in total. The molecule has 2 fully saturated rings. The van der Waals surface area contributed by atoms with Gasteiger partial charge in [0.05, 0.1) is 17.2 Å². The first-order valence-electron chi connectivity index (χ1n) is 10.8. The molecule has 0 unspecified atom stereocenters. The molecule has 5 rings (SSSR count). The van der Waals surface area contributed by atoms with Gasteiger partial charge in [-0.05, 0) is 56.0 Å². The van der Waals surface area contributed by atoms with Crippen molar-refractivity contribution in [1.29, 1.82) is 0 Å². The number of fused-ring (bicyclic) bond motifs is 2. The fraction of sp³-hybridized carbons (Fsp3) is 0.333. The molecule has 0 spiro atoms. The van der Waals surface area contributed by atoms with E-state index in [-0.39, 0.29) is 24.0 Å². The van der Waals surface area contributed by atoms with Gasteiger partial charge in [-0.3, -0.25) is 4.79 Å². The maximum Gasteiger partial charge on any atom is 0.417 e. The second kappa shape index (κ2) is 8.13. The van der Waals surface area contributed by atoms with E-state index in [0.29, 0.717) is 17.2 Å². The summed E-state index contributed by atoms with van der Waals surface area (Å²) < 4.78 is 38.5. The van der Waals surface area contributed by atoms with Crippen LogP contribution in [0.2, 0.25) is 0 Å². The number of carbonyl (C=O) groups excluding carboxylic acids is 1. The molecule has 1 amide bonds. The van der Waals surface area contributed by atoms with E-state index >= 15 is 0 Å². The minimum Gasteiger partial charge on any atom is -0.365 e. The number of rotatable bonds is 4. The standard InChI is InChI=1S/C24H22F3N5O/c1-14-4-2-5-17(21(14)22-28-10-3-11-29-22)23(33)32-16-7-8-19(32)18(12-16)31-20-9-6-15(13-30-20)24(25,26)27/h2-6,9-11,13,16,18-19H,7-8,12H2,1H3,(H,30,31)/t16-,18-,19+/m1/s1. The van der Waals surface area contributed by atoms with Gasteiger partial charge in [0, 0.05) is 36.2 Å². The average Bonchev–Trinajstić information content (AvgIpc) is 3.36. The first kappa shape index (κ1) is 21.4. The number of carbonyl (C=O) groups is 1. The molecule has 0 saturated carbocycles. The molecule has 3 atom stereocenters. The molecule has 0 aliphatic carbocycles. The highest BCUT2D eigenvalue weighted by molar-refractivity contribution is 6.01. The number of pyridine rings is 1. The summed E-state index contributed by atoms with van der Waals surface area (Å²) in [5.41, 5.74) is 1.42. The number of amides is 1. The number of benzene rings is 1. The second-order valence-corrected chi connectivity index (χ2v) is 8.50. The first-order valence-corrected chi connectivity index (χ1v) is 10.8.